The zero-order valence-electron chi connectivity index (χ0n) is 24.9. The summed E-state index contributed by atoms with van der Waals surface area (Å²) in [7, 11) is 0. The van der Waals surface area contributed by atoms with E-state index >= 15 is 0 Å². The molecule has 0 saturated carbocycles. The number of morpholine rings is 2. The molecule has 2 aliphatic heterocycles. The number of ether oxygens (including phenoxy) is 2. The molecule has 0 spiro atoms. The molecule has 4 nitrogen and oxygen atoms in total. The Morgan fingerprint density at radius 1 is 0.784 bits per heavy atom. The van der Waals surface area contributed by atoms with E-state index in [1.54, 1.807) is 0 Å². The molecule has 2 fully saturated rings. The van der Waals surface area contributed by atoms with E-state index in [1.165, 1.54) is 42.4 Å². The number of allylic oxidation sites excluding steroid dienone is 6. The van der Waals surface area contributed by atoms with E-state index in [2.05, 4.69) is 68.9 Å². The van der Waals surface area contributed by atoms with E-state index in [9.17, 15) is 0 Å². The fraction of sp³-hybridized carbons (Fsp3) is 0.656. The molecule has 0 bridgehead atoms. The number of hydrogen-bond acceptors (Lipinski definition) is 4. The van der Waals surface area contributed by atoms with Crippen LogP contribution < -0.4 is 18.9 Å². The van der Waals surface area contributed by atoms with Gasteiger partial charge in [-0.2, -0.15) is 0 Å². The standard InChI is InChI=1S/C18H32NO.C14H23NO.Li/c1-4-5-6-7-9-17(2)10-8-11-18(3)16-19-12-14-20-15-13-19;1-4-13(2)6-5-7-14(3)12-15-8-10-16-11-9-15;/h9,11H,2,4-8,10,12-16H2,1,3H3;4,7H,1-2,5-6,8-12H2,3H3;/q-1;;+1/b17-9-,18-11-;14-7-;. The van der Waals surface area contributed by atoms with Crippen molar-refractivity contribution < 1.29 is 28.3 Å². The van der Waals surface area contributed by atoms with E-state index in [1.807, 2.05) is 6.08 Å². The molecule has 2 heterocycles. The average Bonchev–Trinajstić information content (AvgIpc) is 2.88. The van der Waals surface area contributed by atoms with Gasteiger partial charge in [-0.25, -0.2) is 18.6 Å². The second-order valence-corrected chi connectivity index (χ2v) is 10.2. The summed E-state index contributed by atoms with van der Waals surface area (Å²) in [4.78, 5) is 4.92. The van der Waals surface area contributed by atoms with Gasteiger partial charge in [-0.05, 0) is 33.1 Å². The molecule has 206 valence electrons. The maximum absolute atomic E-state index is 5.37. The first-order chi connectivity index (χ1) is 17.4. The van der Waals surface area contributed by atoms with Gasteiger partial charge >= 0.3 is 18.9 Å². The van der Waals surface area contributed by atoms with Crippen LogP contribution in [0.3, 0.4) is 0 Å². The van der Waals surface area contributed by atoms with Gasteiger partial charge in [0.1, 0.15) is 0 Å². The van der Waals surface area contributed by atoms with Crippen LogP contribution in [0.2, 0.25) is 0 Å². The van der Waals surface area contributed by atoms with E-state index in [0.29, 0.717) is 0 Å². The van der Waals surface area contributed by atoms with Crippen LogP contribution in [0.4, 0.5) is 0 Å². The van der Waals surface area contributed by atoms with Gasteiger partial charge in [-0.1, -0.05) is 80.7 Å². The Morgan fingerprint density at radius 3 is 1.73 bits per heavy atom. The minimum absolute atomic E-state index is 0. The summed E-state index contributed by atoms with van der Waals surface area (Å²) in [6, 6.07) is 0. The van der Waals surface area contributed by atoms with Crippen molar-refractivity contribution >= 4 is 0 Å². The van der Waals surface area contributed by atoms with Gasteiger partial charge in [0, 0.05) is 39.3 Å². The largest absolute Gasteiger partial charge is 1.00 e. The van der Waals surface area contributed by atoms with Crippen molar-refractivity contribution in [2.75, 3.05) is 65.7 Å². The van der Waals surface area contributed by atoms with Crippen molar-refractivity contribution in [2.45, 2.75) is 72.1 Å². The maximum Gasteiger partial charge on any atom is 1.00 e. The van der Waals surface area contributed by atoms with Crippen LogP contribution in [0.1, 0.15) is 72.1 Å². The van der Waals surface area contributed by atoms with Gasteiger partial charge in [0.05, 0.1) is 26.4 Å². The smallest absolute Gasteiger partial charge is 0.379 e. The third-order valence-electron chi connectivity index (χ3n) is 6.60. The second kappa shape index (κ2) is 24.1. The van der Waals surface area contributed by atoms with Crippen molar-refractivity contribution in [2.24, 2.45) is 0 Å². The van der Waals surface area contributed by atoms with Crippen molar-refractivity contribution in [3.05, 3.63) is 66.7 Å². The number of rotatable bonds is 15. The van der Waals surface area contributed by atoms with Crippen LogP contribution in [0, 0.1) is 6.92 Å². The van der Waals surface area contributed by atoms with Crippen LogP contribution >= 0.6 is 0 Å². The first kappa shape index (κ1) is 36.0. The zero-order valence-corrected chi connectivity index (χ0v) is 24.9. The Hall–Kier alpha value is -0.993. The van der Waals surface area contributed by atoms with Crippen molar-refractivity contribution in [3.8, 4) is 0 Å². The van der Waals surface area contributed by atoms with E-state index in [4.69, 9.17) is 9.47 Å². The Morgan fingerprint density at radius 2 is 1.27 bits per heavy atom. The predicted molar refractivity (Wildman–Crippen MR) is 157 cm³/mol. The molecule has 0 radical (unpaired) electrons. The quantitative estimate of drug-likeness (QED) is 0.109. The molecule has 2 saturated heterocycles. The second-order valence-electron chi connectivity index (χ2n) is 10.2. The average molecular weight is 507 g/mol. The number of nitrogens with zero attached hydrogens (tertiary/aromatic N) is 2. The summed E-state index contributed by atoms with van der Waals surface area (Å²) in [6.45, 7) is 28.4. The molecule has 0 aromatic heterocycles. The molecular formula is C32H55LiN2O2. The molecule has 0 aliphatic carbocycles. The topological polar surface area (TPSA) is 24.9 Å². The zero-order chi connectivity index (χ0) is 26.4. The van der Waals surface area contributed by atoms with E-state index in [0.717, 1.165) is 97.0 Å². The summed E-state index contributed by atoms with van der Waals surface area (Å²) in [5, 5.41) is 0. The molecule has 0 unspecified atom stereocenters. The predicted octanol–water partition coefficient (Wildman–Crippen LogP) is 4.18. The molecular weight excluding hydrogens is 451 g/mol. The van der Waals surface area contributed by atoms with Gasteiger partial charge in [-0.3, -0.25) is 9.80 Å². The van der Waals surface area contributed by atoms with Crippen molar-refractivity contribution in [1.82, 2.24) is 9.80 Å². The monoisotopic (exact) mass is 506 g/mol. The first-order valence-electron chi connectivity index (χ1n) is 14.2. The van der Waals surface area contributed by atoms with E-state index < -0.39 is 0 Å². The molecule has 2 aliphatic rings. The van der Waals surface area contributed by atoms with Gasteiger partial charge in [0.25, 0.3) is 0 Å². The third kappa shape index (κ3) is 20.6. The van der Waals surface area contributed by atoms with Crippen molar-refractivity contribution in [1.29, 1.82) is 0 Å². The Kier molecular flexibility index (Phi) is 23.4. The molecule has 37 heavy (non-hydrogen) atoms. The molecule has 0 N–H and O–H groups in total. The Labute approximate surface area is 242 Å². The summed E-state index contributed by atoms with van der Waals surface area (Å²) in [6.07, 6.45) is 18.3. The van der Waals surface area contributed by atoms with Crippen LogP contribution in [0.5, 0.6) is 0 Å². The minimum atomic E-state index is 0. The van der Waals surface area contributed by atoms with Crippen LogP contribution in [-0.2, 0) is 9.47 Å². The first-order valence-corrected chi connectivity index (χ1v) is 14.2. The Bertz CT molecular complexity index is 687. The number of hydrogen-bond donors (Lipinski definition) is 0. The molecule has 0 amide bonds. The summed E-state index contributed by atoms with van der Waals surface area (Å²) in [5.74, 6) is 0. The fourth-order valence-electron chi connectivity index (χ4n) is 4.27. The molecule has 0 atom stereocenters. The Balaban J connectivity index is 0.000000698. The molecule has 5 heteroatoms. The molecule has 0 aromatic carbocycles. The SMILES string of the molecule is C=CC(=C)CC/C=C(/C)CN1CCOCC1.[CH2-]/C(=C/CCCCC)CC/C=C(/C)CN1CCOCC1.[Li+]. The summed E-state index contributed by atoms with van der Waals surface area (Å²) in [5.41, 5.74) is 5.34. The van der Waals surface area contributed by atoms with Crippen LogP contribution in [-0.4, -0.2) is 75.5 Å². The summed E-state index contributed by atoms with van der Waals surface area (Å²) >= 11 is 0. The third-order valence-corrected chi connectivity index (χ3v) is 6.60. The van der Waals surface area contributed by atoms with Crippen LogP contribution in [0.15, 0.2) is 59.8 Å². The minimum Gasteiger partial charge on any atom is -0.379 e. The van der Waals surface area contributed by atoms with Crippen molar-refractivity contribution in [3.63, 3.8) is 0 Å². The maximum atomic E-state index is 5.37. The fourth-order valence-corrected chi connectivity index (χ4v) is 4.27. The van der Waals surface area contributed by atoms with E-state index in [-0.39, 0.29) is 18.9 Å². The van der Waals surface area contributed by atoms with Gasteiger partial charge in [0.2, 0.25) is 0 Å². The number of unbranched alkanes of at least 4 members (excludes halogenated alkanes) is 3. The molecule has 2 rings (SSSR count). The normalized spacial score (nSPS) is 18.0. The molecule has 0 aromatic rings. The van der Waals surface area contributed by atoms with Gasteiger partial charge in [0.15, 0.2) is 0 Å². The van der Waals surface area contributed by atoms with Gasteiger partial charge in [-0.15, -0.1) is 6.42 Å². The van der Waals surface area contributed by atoms with Gasteiger partial charge < -0.3 is 9.47 Å². The summed E-state index contributed by atoms with van der Waals surface area (Å²) < 4.78 is 10.7. The van der Waals surface area contributed by atoms with Crippen LogP contribution in [0.25, 0.3) is 0 Å².